The molecule has 0 spiro atoms. The highest BCUT2D eigenvalue weighted by atomic mass is 35.5. The predicted molar refractivity (Wildman–Crippen MR) is 71.9 cm³/mol. The van der Waals surface area contributed by atoms with Crippen LogP contribution in [-0.4, -0.2) is 27.5 Å². The lowest BCUT2D eigenvalue weighted by molar-refractivity contribution is 0.0733. The van der Waals surface area contributed by atoms with Crippen LogP contribution in [0.1, 0.15) is 21.6 Å². The number of fused-ring (bicyclic) bond motifs is 1. The van der Waals surface area contributed by atoms with E-state index in [1.54, 1.807) is 6.07 Å². The molecule has 3 rings (SSSR count). The van der Waals surface area contributed by atoms with Crippen molar-refractivity contribution in [2.45, 2.75) is 13.0 Å². The maximum Gasteiger partial charge on any atom is 0.254 e. The van der Waals surface area contributed by atoms with Crippen LogP contribution in [0, 0.1) is 0 Å². The Kier molecular flexibility index (Phi) is 3.17. The molecule has 1 aromatic heterocycles. The van der Waals surface area contributed by atoms with E-state index in [0.717, 1.165) is 17.7 Å². The molecule has 5 heteroatoms. The number of hydrogen-bond acceptors (Lipinski definition) is 3. The largest absolute Gasteiger partial charge is 0.334 e. The molecule has 0 saturated heterocycles. The van der Waals surface area contributed by atoms with Crippen molar-refractivity contribution in [1.82, 2.24) is 15.1 Å². The van der Waals surface area contributed by atoms with E-state index < -0.39 is 0 Å². The van der Waals surface area contributed by atoms with Crippen molar-refractivity contribution >= 4 is 17.5 Å². The van der Waals surface area contributed by atoms with E-state index in [9.17, 15) is 4.79 Å². The number of amides is 1. The molecule has 96 valence electrons. The molecule has 0 radical (unpaired) electrons. The predicted octanol–water partition coefficient (Wildman–Crippen LogP) is 2.33. The molecule has 0 bridgehead atoms. The van der Waals surface area contributed by atoms with E-state index in [-0.39, 0.29) is 5.91 Å². The molecule has 0 atom stereocenters. The summed E-state index contributed by atoms with van der Waals surface area (Å²) in [4.78, 5) is 14.2. The highest BCUT2D eigenvalue weighted by molar-refractivity contribution is 6.29. The maximum atomic E-state index is 12.4. The fraction of sp³-hybridized carbons (Fsp3) is 0.214. The van der Waals surface area contributed by atoms with Gasteiger partial charge in [-0.3, -0.25) is 4.79 Å². The summed E-state index contributed by atoms with van der Waals surface area (Å²) in [5, 5.41) is 8.27. The Morgan fingerprint density at radius 3 is 2.79 bits per heavy atom. The van der Waals surface area contributed by atoms with Crippen LogP contribution in [0.2, 0.25) is 5.15 Å². The average Bonchev–Trinajstić information content (AvgIpc) is 2.46. The zero-order valence-corrected chi connectivity index (χ0v) is 11.0. The third-order valence-corrected chi connectivity index (χ3v) is 3.40. The second-order valence-electron chi connectivity index (χ2n) is 4.48. The lowest BCUT2D eigenvalue weighted by Gasteiger charge is -2.28. The number of benzene rings is 1. The Morgan fingerprint density at radius 2 is 2.00 bits per heavy atom. The molecule has 0 unspecified atom stereocenters. The van der Waals surface area contributed by atoms with E-state index in [1.165, 1.54) is 0 Å². The van der Waals surface area contributed by atoms with Gasteiger partial charge < -0.3 is 4.90 Å². The highest BCUT2D eigenvalue weighted by Crippen LogP contribution is 2.20. The molecule has 0 N–H and O–H groups in total. The molecule has 19 heavy (non-hydrogen) atoms. The number of carbonyl (C=O) groups excluding carboxylic acids is 1. The van der Waals surface area contributed by atoms with Gasteiger partial charge in [-0.25, -0.2) is 0 Å². The van der Waals surface area contributed by atoms with E-state index >= 15 is 0 Å². The Morgan fingerprint density at radius 1 is 1.21 bits per heavy atom. The molecule has 4 nitrogen and oxygen atoms in total. The van der Waals surface area contributed by atoms with Gasteiger partial charge in [-0.2, -0.15) is 5.10 Å². The molecule has 2 aromatic rings. The van der Waals surface area contributed by atoms with Gasteiger partial charge in [0.05, 0.1) is 5.69 Å². The van der Waals surface area contributed by atoms with Crippen LogP contribution >= 0.6 is 11.6 Å². The first-order valence-corrected chi connectivity index (χ1v) is 6.47. The van der Waals surface area contributed by atoms with Crippen LogP contribution in [0.5, 0.6) is 0 Å². The van der Waals surface area contributed by atoms with Crippen molar-refractivity contribution in [3.63, 3.8) is 0 Å². The number of aromatic nitrogens is 2. The summed E-state index contributed by atoms with van der Waals surface area (Å²) in [7, 11) is 0. The van der Waals surface area contributed by atoms with Gasteiger partial charge in [0.15, 0.2) is 5.15 Å². The van der Waals surface area contributed by atoms with Crippen molar-refractivity contribution < 1.29 is 4.79 Å². The van der Waals surface area contributed by atoms with Crippen LogP contribution in [0.25, 0.3) is 0 Å². The van der Waals surface area contributed by atoms with Gasteiger partial charge in [0.2, 0.25) is 0 Å². The quantitative estimate of drug-likeness (QED) is 0.801. The minimum atomic E-state index is 0.0409. The monoisotopic (exact) mass is 273 g/mol. The summed E-state index contributed by atoms with van der Waals surface area (Å²) in [5.41, 5.74) is 2.62. The van der Waals surface area contributed by atoms with Gasteiger partial charge >= 0.3 is 0 Å². The number of rotatable bonds is 1. The zero-order chi connectivity index (χ0) is 13.2. The second kappa shape index (κ2) is 4.97. The van der Waals surface area contributed by atoms with Gasteiger partial charge in [0.1, 0.15) is 0 Å². The average molecular weight is 274 g/mol. The third-order valence-electron chi connectivity index (χ3n) is 3.22. The number of halogens is 1. The first-order chi connectivity index (χ1) is 9.24. The van der Waals surface area contributed by atoms with E-state index in [0.29, 0.717) is 23.8 Å². The molecule has 0 aliphatic carbocycles. The van der Waals surface area contributed by atoms with E-state index in [1.807, 2.05) is 35.2 Å². The van der Waals surface area contributed by atoms with Crippen LogP contribution in [-0.2, 0) is 13.0 Å². The van der Waals surface area contributed by atoms with Crippen LogP contribution in [0.15, 0.2) is 36.4 Å². The highest BCUT2D eigenvalue weighted by Gasteiger charge is 2.22. The van der Waals surface area contributed by atoms with Crippen LogP contribution < -0.4 is 0 Å². The Labute approximate surface area is 116 Å². The van der Waals surface area contributed by atoms with Gasteiger partial charge in [-0.05, 0) is 23.8 Å². The van der Waals surface area contributed by atoms with Crippen LogP contribution in [0.3, 0.4) is 0 Å². The smallest absolute Gasteiger partial charge is 0.254 e. The SMILES string of the molecule is O=C(c1ccccc1)N1CCc2nnc(Cl)cc2C1. The molecule has 1 amide bonds. The minimum absolute atomic E-state index is 0.0409. The first kappa shape index (κ1) is 12.1. The Hall–Kier alpha value is -1.94. The Balaban J connectivity index is 1.84. The third kappa shape index (κ3) is 2.44. The molecule has 1 aromatic carbocycles. The second-order valence-corrected chi connectivity index (χ2v) is 4.87. The number of carbonyl (C=O) groups is 1. The number of nitrogens with zero attached hydrogens (tertiary/aromatic N) is 3. The topological polar surface area (TPSA) is 46.1 Å². The van der Waals surface area contributed by atoms with Gasteiger partial charge in [-0.15, -0.1) is 5.10 Å². The standard InChI is InChI=1S/C14H12ClN3O/c15-13-8-11-9-18(7-6-12(11)16-17-13)14(19)10-4-2-1-3-5-10/h1-5,8H,6-7,9H2. The Bertz CT molecular complexity index is 615. The summed E-state index contributed by atoms with van der Waals surface area (Å²) in [6.07, 6.45) is 0.720. The summed E-state index contributed by atoms with van der Waals surface area (Å²) in [6, 6.07) is 11.1. The lowest BCUT2D eigenvalue weighted by atomic mass is 10.1. The summed E-state index contributed by atoms with van der Waals surface area (Å²) in [6.45, 7) is 1.20. The van der Waals surface area contributed by atoms with Gasteiger partial charge in [0, 0.05) is 25.1 Å². The van der Waals surface area contributed by atoms with Gasteiger partial charge in [-0.1, -0.05) is 29.8 Å². The van der Waals surface area contributed by atoms with Crippen molar-refractivity contribution in [2.24, 2.45) is 0 Å². The zero-order valence-electron chi connectivity index (χ0n) is 10.2. The molecule has 1 aliphatic rings. The minimum Gasteiger partial charge on any atom is -0.334 e. The maximum absolute atomic E-state index is 12.4. The molecular weight excluding hydrogens is 262 g/mol. The van der Waals surface area contributed by atoms with Crippen molar-refractivity contribution in [2.75, 3.05) is 6.54 Å². The molecular formula is C14H12ClN3O. The van der Waals surface area contributed by atoms with E-state index in [2.05, 4.69) is 10.2 Å². The fourth-order valence-corrected chi connectivity index (χ4v) is 2.41. The normalized spacial score (nSPS) is 14.1. The van der Waals surface area contributed by atoms with Crippen molar-refractivity contribution in [3.8, 4) is 0 Å². The van der Waals surface area contributed by atoms with Crippen molar-refractivity contribution in [1.29, 1.82) is 0 Å². The number of hydrogen-bond donors (Lipinski definition) is 0. The summed E-state index contributed by atoms with van der Waals surface area (Å²) < 4.78 is 0. The summed E-state index contributed by atoms with van der Waals surface area (Å²) in [5.74, 6) is 0.0409. The molecule has 0 fully saturated rings. The fourth-order valence-electron chi connectivity index (χ4n) is 2.24. The summed E-state index contributed by atoms with van der Waals surface area (Å²) >= 11 is 5.84. The van der Waals surface area contributed by atoms with Crippen LogP contribution in [0.4, 0.5) is 0 Å². The lowest BCUT2D eigenvalue weighted by Crippen LogP contribution is -2.36. The molecule has 0 saturated carbocycles. The molecule has 1 aliphatic heterocycles. The van der Waals surface area contributed by atoms with Crippen molar-refractivity contribution in [3.05, 3.63) is 58.4 Å². The first-order valence-electron chi connectivity index (χ1n) is 6.09. The molecule has 2 heterocycles. The van der Waals surface area contributed by atoms with E-state index in [4.69, 9.17) is 11.6 Å². The van der Waals surface area contributed by atoms with Gasteiger partial charge in [0.25, 0.3) is 5.91 Å².